The summed E-state index contributed by atoms with van der Waals surface area (Å²) in [5, 5.41) is 1.17. The molecular weight excluding hydrogens is 246 g/mol. The number of hydrogen-bond donors (Lipinski definition) is 1. The van der Waals surface area contributed by atoms with E-state index in [9.17, 15) is 0 Å². The normalized spacial score (nSPS) is 12.1. The van der Waals surface area contributed by atoms with E-state index in [1.165, 1.54) is 22.7 Å². The van der Waals surface area contributed by atoms with Crippen LogP contribution in [-0.2, 0) is 12.8 Å². The second kappa shape index (κ2) is 5.92. The third kappa shape index (κ3) is 3.71. The predicted octanol–water partition coefficient (Wildman–Crippen LogP) is 4.52. The molecule has 0 saturated carbocycles. The van der Waals surface area contributed by atoms with E-state index in [0.29, 0.717) is 5.41 Å². The molecule has 0 aliphatic rings. The molecule has 0 spiro atoms. The van der Waals surface area contributed by atoms with Gasteiger partial charge in [0.25, 0.3) is 0 Å². The Labute approximate surface area is 120 Å². The van der Waals surface area contributed by atoms with Crippen LogP contribution in [0.1, 0.15) is 38.3 Å². The predicted molar refractivity (Wildman–Crippen MR) is 83.3 cm³/mol. The van der Waals surface area contributed by atoms with Crippen molar-refractivity contribution in [3.05, 3.63) is 53.3 Å². The molecule has 1 N–H and O–H groups in total. The van der Waals surface area contributed by atoms with Gasteiger partial charge in [0.05, 0.1) is 6.57 Å². The fourth-order valence-corrected chi connectivity index (χ4v) is 2.16. The molecule has 0 aliphatic carbocycles. The molecule has 0 amide bonds. The summed E-state index contributed by atoms with van der Waals surface area (Å²) in [4.78, 5) is 10.9. The van der Waals surface area contributed by atoms with Crippen LogP contribution in [0, 0.1) is 12.0 Å². The van der Waals surface area contributed by atoms with Crippen LogP contribution < -0.4 is 0 Å². The second-order valence-electron chi connectivity index (χ2n) is 6.33. The van der Waals surface area contributed by atoms with Gasteiger partial charge >= 0.3 is 0 Å². The number of aromatic amines is 1. The van der Waals surface area contributed by atoms with Gasteiger partial charge in [0.2, 0.25) is 0 Å². The van der Waals surface area contributed by atoms with Gasteiger partial charge in [0.15, 0.2) is 6.20 Å². The average Bonchev–Trinajstić information content (AvgIpc) is 2.79. The third-order valence-corrected chi connectivity index (χ3v) is 3.35. The van der Waals surface area contributed by atoms with Crippen LogP contribution in [0.5, 0.6) is 0 Å². The molecule has 0 saturated heterocycles. The number of rotatable bonds is 4. The Morgan fingerprint density at radius 3 is 2.90 bits per heavy atom. The van der Waals surface area contributed by atoms with E-state index in [4.69, 9.17) is 6.57 Å². The van der Waals surface area contributed by atoms with Crippen LogP contribution in [-0.4, -0.2) is 9.97 Å². The quantitative estimate of drug-likeness (QED) is 0.812. The Kier molecular flexibility index (Phi) is 4.24. The number of allylic oxidation sites excluding steroid dienone is 1. The standard InChI is InChI=1S/C17H21N3/c1-17(2,3)8-7-13-10-15-14(6-5-9-18-4)12-20-16(15)19-11-13/h5,9-12H,6-8H2,1-3H3,(H,19,20)/b9-5-. The smallest absolute Gasteiger partial charge is 0.150 e. The van der Waals surface area contributed by atoms with Gasteiger partial charge in [-0.05, 0) is 41.9 Å². The average molecular weight is 267 g/mol. The Morgan fingerprint density at radius 2 is 2.20 bits per heavy atom. The molecule has 2 rings (SSSR count). The largest absolute Gasteiger partial charge is 0.346 e. The molecule has 0 aromatic carbocycles. The molecule has 104 valence electrons. The van der Waals surface area contributed by atoms with Gasteiger partial charge in [-0.25, -0.2) is 9.83 Å². The summed E-state index contributed by atoms with van der Waals surface area (Å²) in [6.45, 7) is 13.5. The molecule has 0 bridgehead atoms. The molecule has 0 atom stereocenters. The Bertz CT molecular complexity index is 651. The van der Waals surface area contributed by atoms with E-state index in [2.05, 4.69) is 41.7 Å². The van der Waals surface area contributed by atoms with Crippen molar-refractivity contribution in [2.75, 3.05) is 0 Å². The molecule has 3 heteroatoms. The van der Waals surface area contributed by atoms with Crippen molar-refractivity contribution < 1.29 is 0 Å². The SMILES string of the molecule is [C-]#[N+]/C=C\Cc1c[nH]c2ncc(CCC(C)(C)C)cc12. The van der Waals surface area contributed by atoms with E-state index >= 15 is 0 Å². The highest BCUT2D eigenvalue weighted by Gasteiger charge is 2.11. The summed E-state index contributed by atoms with van der Waals surface area (Å²) in [5.74, 6) is 0. The maximum Gasteiger partial charge on any atom is 0.150 e. The monoisotopic (exact) mass is 267 g/mol. The van der Waals surface area contributed by atoms with Gasteiger partial charge in [-0.3, -0.25) is 0 Å². The maximum atomic E-state index is 6.76. The highest BCUT2D eigenvalue weighted by atomic mass is 14.8. The first-order valence-electron chi connectivity index (χ1n) is 6.96. The van der Waals surface area contributed by atoms with Crippen LogP contribution in [0.2, 0.25) is 0 Å². The highest BCUT2D eigenvalue weighted by molar-refractivity contribution is 5.80. The van der Waals surface area contributed by atoms with E-state index < -0.39 is 0 Å². The van der Waals surface area contributed by atoms with Gasteiger partial charge in [-0.1, -0.05) is 26.8 Å². The molecule has 0 aliphatic heterocycles. The summed E-state index contributed by atoms with van der Waals surface area (Å²) in [6, 6.07) is 2.23. The van der Waals surface area contributed by atoms with Crippen LogP contribution in [0.4, 0.5) is 0 Å². The molecule has 0 radical (unpaired) electrons. The first-order valence-corrected chi connectivity index (χ1v) is 6.96. The van der Waals surface area contributed by atoms with Crippen molar-refractivity contribution >= 4 is 11.0 Å². The maximum absolute atomic E-state index is 6.76. The minimum Gasteiger partial charge on any atom is -0.346 e. The van der Waals surface area contributed by atoms with Crippen molar-refractivity contribution in [2.45, 2.75) is 40.0 Å². The van der Waals surface area contributed by atoms with Crippen LogP contribution in [0.25, 0.3) is 15.9 Å². The van der Waals surface area contributed by atoms with E-state index in [1.807, 2.05) is 18.5 Å². The first-order chi connectivity index (χ1) is 9.49. The lowest BCUT2D eigenvalue weighted by molar-refractivity contribution is 0.378. The lowest BCUT2D eigenvalue weighted by Gasteiger charge is -2.17. The molecule has 2 heterocycles. The summed E-state index contributed by atoms with van der Waals surface area (Å²) in [7, 11) is 0. The number of nitrogens with zero attached hydrogens (tertiary/aromatic N) is 2. The van der Waals surface area contributed by atoms with Crippen LogP contribution in [0.3, 0.4) is 0 Å². The fraction of sp³-hybridized carbons (Fsp3) is 0.412. The molecule has 0 fully saturated rings. The van der Waals surface area contributed by atoms with Crippen LogP contribution in [0.15, 0.2) is 30.7 Å². The summed E-state index contributed by atoms with van der Waals surface area (Å²) in [5.41, 5.74) is 3.75. The number of hydrogen-bond acceptors (Lipinski definition) is 1. The number of nitrogens with one attached hydrogen (secondary N) is 1. The lowest BCUT2D eigenvalue weighted by atomic mass is 9.89. The molecular formula is C17H21N3. The summed E-state index contributed by atoms with van der Waals surface area (Å²) in [6.07, 6.45) is 10.3. The zero-order valence-corrected chi connectivity index (χ0v) is 12.4. The number of aryl methyl sites for hydroxylation is 1. The Balaban J connectivity index is 2.21. The van der Waals surface area contributed by atoms with Gasteiger partial charge in [0, 0.05) is 17.8 Å². The summed E-state index contributed by atoms with van der Waals surface area (Å²) >= 11 is 0. The molecule has 2 aromatic rings. The van der Waals surface area contributed by atoms with Gasteiger partial charge < -0.3 is 4.98 Å². The molecule has 2 aromatic heterocycles. The zero-order valence-electron chi connectivity index (χ0n) is 12.4. The minimum atomic E-state index is 0.342. The molecule has 3 nitrogen and oxygen atoms in total. The van der Waals surface area contributed by atoms with Gasteiger partial charge in [-0.15, -0.1) is 0 Å². The Hall–Kier alpha value is -2.08. The van der Waals surface area contributed by atoms with Gasteiger partial charge in [0.1, 0.15) is 5.65 Å². The fourth-order valence-electron chi connectivity index (χ4n) is 2.16. The van der Waals surface area contributed by atoms with Gasteiger partial charge in [-0.2, -0.15) is 0 Å². The van der Waals surface area contributed by atoms with Crippen molar-refractivity contribution in [2.24, 2.45) is 5.41 Å². The number of pyridine rings is 1. The molecule has 0 unspecified atom stereocenters. The number of aromatic nitrogens is 2. The zero-order chi connectivity index (χ0) is 14.6. The first kappa shape index (κ1) is 14.3. The van der Waals surface area contributed by atoms with Crippen LogP contribution >= 0.6 is 0 Å². The topological polar surface area (TPSA) is 33.0 Å². The van der Waals surface area contributed by atoms with Crippen molar-refractivity contribution in [1.29, 1.82) is 0 Å². The van der Waals surface area contributed by atoms with Crippen molar-refractivity contribution in [1.82, 2.24) is 9.97 Å². The van der Waals surface area contributed by atoms with E-state index in [1.54, 1.807) is 0 Å². The number of fused-ring (bicyclic) bond motifs is 1. The second-order valence-corrected chi connectivity index (χ2v) is 6.33. The van der Waals surface area contributed by atoms with Crippen molar-refractivity contribution in [3.8, 4) is 0 Å². The lowest BCUT2D eigenvalue weighted by Crippen LogP contribution is -2.06. The third-order valence-electron chi connectivity index (χ3n) is 3.35. The molecule has 20 heavy (non-hydrogen) atoms. The number of H-pyrrole nitrogens is 1. The van der Waals surface area contributed by atoms with Crippen molar-refractivity contribution in [3.63, 3.8) is 0 Å². The minimum absolute atomic E-state index is 0.342. The van der Waals surface area contributed by atoms with E-state index in [0.717, 1.165) is 24.9 Å². The Morgan fingerprint density at radius 1 is 1.40 bits per heavy atom. The highest BCUT2D eigenvalue weighted by Crippen LogP contribution is 2.24. The summed E-state index contributed by atoms with van der Waals surface area (Å²) < 4.78 is 0. The van der Waals surface area contributed by atoms with E-state index in [-0.39, 0.29) is 0 Å².